The molecule has 3 atom stereocenters. The highest BCUT2D eigenvalue weighted by Gasteiger charge is 2.50. The van der Waals surface area contributed by atoms with Crippen molar-refractivity contribution < 1.29 is 23.9 Å². The van der Waals surface area contributed by atoms with Crippen LogP contribution in [-0.2, 0) is 11.3 Å². The Balaban J connectivity index is 1.67. The van der Waals surface area contributed by atoms with Crippen molar-refractivity contribution >= 4 is 18.0 Å². The van der Waals surface area contributed by atoms with E-state index in [0.717, 1.165) is 5.56 Å². The van der Waals surface area contributed by atoms with Gasteiger partial charge in [0, 0.05) is 6.54 Å². The number of benzene rings is 2. The summed E-state index contributed by atoms with van der Waals surface area (Å²) in [6, 6.07) is 14.3. The molecule has 0 bridgehead atoms. The van der Waals surface area contributed by atoms with Gasteiger partial charge in [0.1, 0.15) is 18.2 Å². The monoisotopic (exact) mass is 435 g/mol. The predicted molar refractivity (Wildman–Crippen MR) is 111 cm³/mol. The van der Waals surface area contributed by atoms with Crippen LogP contribution in [0.4, 0.5) is 9.59 Å². The molecule has 2 fully saturated rings. The van der Waals surface area contributed by atoms with Crippen molar-refractivity contribution in [2.45, 2.75) is 18.8 Å². The van der Waals surface area contributed by atoms with Crippen molar-refractivity contribution in [1.82, 2.24) is 20.9 Å². The lowest BCUT2D eigenvalue weighted by atomic mass is 9.86. The minimum atomic E-state index is -0.837. The summed E-state index contributed by atoms with van der Waals surface area (Å²) < 4.78 is 10.7. The fraction of sp³-hybridized carbons (Fsp3) is 0.273. The second-order valence-electron chi connectivity index (χ2n) is 7.33. The molecule has 2 saturated heterocycles. The average Bonchev–Trinajstić information content (AvgIpc) is 2.80. The Kier molecular flexibility index (Phi) is 5.81. The molecule has 0 radical (unpaired) electrons. The number of carbonyl (C=O) groups excluding carboxylic acids is 3. The molecule has 2 heterocycles. The first kappa shape index (κ1) is 21.0. The molecule has 0 saturated carbocycles. The molecule has 4 rings (SSSR count). The standard InChI is InChI=1S/C22H21N5O5/c1-31-16-11-14(7-8-15(16)32-10-9-23)18-17-19(25-21(29)24-18)27(22(30)26-20(17)28)12-13-5-3-2-4-6-13/h2-8,11,17-19H,10,12H2,1H3,(H2,24,25,29)(H,26,28,30). The zero-order valence-electron chi connectivity index (χ0n) is 17.2. The number of methoxy groups -OCH3 is 1. The highest BCUT2D eigenvalue weighted by atomic mass is 16.5. The zero-order chi connectivity index (χ0) is 22.7. The van der Waals surface area contributed by atoms with Crippen molar-refractivity contribution in [3.63, 3.8) is 0 Å². The number of fused-ring (bicyclic) bond motifs is 1. The van der Waals surface area contributed by atoms with Crippen molar-refractivity contribution in [2.24, 2.45) is 5.92 Å². The van der Waals surface area contributed by atoms with Crippen LogP contribution in [0, 0.1) is 17.2 Å². The third-order valence-corrected chi connectivity index (χ3v) is 5.43. The molecule has 3 unspecified atom stereocenters. The lowest BCUT2D eigenvalue weighted by Crippen LogP contribution is -2.71. The summed E-state index contributed by atoms with van der Waals surface area (Å²) in [5, 5.41) is 16.6. The number of amides is 5. The number of hydrogen-bond acceptors (Lipinski definition) is 6. The van der Waals surface area contributed by atoms with Gasteiger partial charge in [-0.15, -0.1) is 0 Å². The lowest BCUT2D eigenvalue weighted by Gasteiger charge is -2.46. The molecule has 2 aromatic carbocycles. The Hall–Kier alpha value is -4.26. The van der Waals surface area contributed by atoms with Gasteiger partial charge in [0.05, 0.1) is 13.2 Å². The second kappa shape index (κ2) is 8.85. The summed E-state index contributed by atoms with van der Waals surface area (Å²) >= 11 is 0. The topological polar surface area (TPSA) is 133 Å². The summed E-state index contributed by atoms with van der Waals surface area (Å²) in [6.45, 7) is 0.0713. The van der Waals surface area contributed by atoms with Gasteiger partial charge in [-0.3, -0.25) is 15.0 Å². The Morgan fingerprint density at radius 2 is 1.84 bits per heavy atom. The number of carbonyl (C=O) groups is 3. The molecule has 2 aromatic rings. The molecule has 10 heteroatoms. The lowest BCUT2D eigenvalue weighted by molar-refractivity contribution is -0.130. The third kappa shape index (κ3) is 4.00. The molecule has 5 amide bonds. The summed E-state index contributed by atoms with van der Waals surface area (Å²) in [5.74, 6) is -0.561. The number of nitrogens with one attached hydrogen (secondary N) is 3. The minimum Gasteiger partial charge on any atom is -0.493 e. The van der Waals surface area contributed by atoms with E-state index in [1.165, 1.54) is 12.0 Å². The highest BCUT2D eigenvalue weighted by Crippen LogP contribution is 2.36. The molecule has 10 nitrogen and oxygen atoms in total. The van der Waals surface area contributed by atoms with E-state index in [2.05, 4.69) is 16.0 Å². The van der Waals surface area contributed by atoms with Crippen LogP contribution in [0.2, 0.25) is 0 Å². The van der Waals surface area contributed by atoms with Crippen molar-refractivity contribution in [2.75, 3.05) is 13.7 Å². The molecular formula is C22H21N5O5. The van der Waals surface area contributed by atoms with E-state index in [0.29, 0.717) is 17.1 Å². The maximum atomic E-state index is 12.8. The summed E-state index contributed by atoms with van der Waals surface area (Å²) in [4.78, 5) is 39.4. The van der Waals surface area contributed by atoms with E-state index in [1.54, 1.807) is 18.2 Å². The van der Waals surface area contributed by atoms with Crippen LogP contribution < -0.4 is 25.4 Å². The molecule has 2 aliphatic heterocycles. The zero-order valence-corrected chi connectivity index (χ0v) is 17.2. The molecule has 2 aliphatic rings. The van der Waals surface area contributed by atoms with E-state index in [9.17, 15) is 14.4 Å². The number of ether oxygens (including phenoxy) is 2. The number of nitrogens with zero attached hydrogens (tertiary/aromatic N) is 2. The van der Waals surface area contributed by atoms with Crippen LogP contribution in [-0.4, -0.2) is 42.8 Å². The number of hydrogen-bond donors (Lipinski definition) is 3. The van der Waals surface area contributed by atoms with Gasteiger partial charge < -0.3 is 20.1 Å². The van der Waals surface area contributed by atoms with E-state index >= 15 is 0 Å². The van der Waals surface area contributed by atoms with Crippen LogP contribution in [0.5, 0.6) is 11.5 Å². The molecule has 0 aromatic heterocycles. The first-order valence-corrected chi connectivity index (χ1v) is 9.92. The van der Waals surface area contributed by atoms with Crippen molar-refractivity contribution in [3.8, 4) is 17.6 Å². The van der Waals surface area contributed by atoms with Gasteiger partial charge in [-0.2, -0.15) is 5.26 Å². The number of rotatable bonds is 6. The van der Waals surface area contributed by atoms with Gasteiger partial charge in [-0.1, -0.05) is 36.4 Å². The largest absolute Gasteiger partial charge is 0.493 e. The quantitative estimate of drug-likeness (QED) is 0.632. The van der Waals surface area contributed by atoms with Crippen LogP contribution >= 0.6 is 0 Å². The fourth-order valence-corrected chi connectivity index (χ4v) is 3.98. The van der Waals surface area contributed by atoms with Gasteiger partial charge >= 0.3 is 12.1 Å². The molecular weight excluding hydrogens is 414 g/mol. The number of urea groups is 2. The number of imide groups is 1. The average molecular weight is 435 g/mol. The normalized spacial score (nSPS) is 22.1. The smallest absolute Gasteiger partial charge is 0.326 e. The number of nitriles is 1. The second-order valence-corrected chi connectivity index (χ2v) is 7.33. The van der Waals surface area contributed by atoms with Crippen LogP contribution in [0.3, 0.4) is 0 Å². The maximum absolute atomic E-state index is 12.8. The third-order valence-electron chi connectivity index (χ3n) is 5.43. The highest BCUT2D eigenvalue weighted by molar-refractivity contribution is 6.00. The molecule has 164 valence electrons. The predicted octanol–water partition coefficient (Wildman–Crippen LogP) is 1.65. The van der Waals surface area contributed by atoms with E-state index in [1.807, 2.05) is 36.4 Å². The first-order chi connectivity index (χ1) is 15.5. The van der Waals surface area contributed by atoms with Gasteiger partial charge in [0.25, 0.3) is 0 Å². The summed E-state index contributed by atoms with van der Waals surface area (Å²) in [7, 11) is 1.45. The van der Waals surface area contributed by atoms with Gasteiger partial charge in [0.15, 0.2) is 18.1 Å². The molecule has 3 N–H and O–H groups in total. The van der Waals surface area contributed by atoms with E-state index in [-0.39, 0.29) is 13.2 Å². The van der Waals surface area contributed by atoms with Crippen LogP contribution in [0.25, 0.3) is 0 Å². The van der Waals surface area contributed by atoms with Gasteiger partial charge in [-0.05, 0) is 23.3 Å². The Bertz CT molecular complexity index is 1080. The fourth-order valence-electron chi connectivity index (χ4n) is 3.98. The molecule has 32 heavy (non-hydrogen) atoms. The Morgan fingerprint density at radius 3 is 2.56 bits per heavy atom. The van der Waals surface area contributed by atoms with Crippen LogP contribution in [0.1, 0.15) is 17.2 Å². The summed E-state index contributed by atoms with van der Waals surface area (Å²) in [6.07, 6.45) is -0.837. The minimum absolute atomic E-state index is 0.149. The SMILES string of the molecule is COc1cc(C2NC(=O)NC3C2C(=O)NC(=O)N3Cc2ccccc2)ccc1OCC#N. The Labute approximate surface area is 184 Å². The van der Waals surface area contributed by atoms with Gasteiger partial charge in [-0.25, -0.2) is 9.59 Å². The molecule has 0 aliphatic carbocycles. The first-order valence-electron chi connectivity index (χ1n) is 9.92. The van der Waals surface area contributed by atoms with Crippen molar-refractivity contribution in [3.05, 3.63) is 59.7 Å². The van der Waals surface area contributed by atoms with Crippen molar-refractivity contribution in [1.29, 1.82) is 5.26 Å². The van der Waals surface area contributed by atoms with Gasteiger partial charge in [0.2, 0.25) is 5.91 Å². The summed E-state index contributed by atoms with van der Waals surface area (Å²) in [5.41, 5.74) is 1.46. The Morgan fingerprint density at radius 1 is 1.06 bits per heavy atom. The molecule has 0 spiro atoms. The van der Waals surface area contributed by atoms with E-state index in [4.69, 9.17) is 14.7 Å². The van der Waals surface area contributed by atoms with Crippen LogP contribution in [0.15, 0.2) is 48.5 Å². The maximum Gasteiger partial charge on any atom is 0.326 e. The van der Waals surface area contributed by atoms with E-state index < -0.39 is 36.1 Å².